The average Bonchev–Trinajstić information content (AvgIpc) is 3.10. The molecule has 2 aliphatic rings. The van der Waals surface area contributed by atoms with E-state index >= 15 is 0 Å². The van der Waals surface area contributed by atoms with Crippen LogP contribution in [-0.4, -0.2) is 40.1 Å². The van der Waals surface area contributed by atoms with Gasteiger partial charge in [0.1, 0.15) is 5.82 Å². The monoisotopic (exact) mass is 445 g/mol. The van der Waals surface area contributed by atoms with Crippen molar-refractivity contribution in [2.24, 2.45) is 0 Å². The molecule has 0 saturated heterocycles. The first-order valence-electron chi connectivity index (χ1n) is 10.3. The maximum absolute atomic E-state index is 13.4. The number of benzene rings is 2. The second-order valence-corrected chi connectivity index (χ2v) is 7.81. The Bertz CT molecular complexity index is 1460. The second-order valence-electron chi connectivity index (χ2n) is 7.81. The summed E-state index contributed by atoms with van der Waals surface area (Å²) in [7, 11) is 1.51. The quantitative estimate of drug-likeness (QED) is 0.548. The minimum atomic E-state index is -1.08. The zero-order valence-electron chi connectivity index (χ0n) is 17.5. The first kappa shape index (κ1) is 20.7. The van der Waals surface area contributed by atoms with Gasteiger partial charge in [-0.15, -0.1) is 0 Å². The van der Waals surface area contributed by atoms with Gasteiger partial charge >= 0.3 is 11.7 Å². The number of H-pyrrole nitrogens is 1. The molecule has 1 aromatic heterocycles. The third kappa shape index (κ3) is 3.13. The van der Waals surface area contributed by atoms with Crippen LogP contribution in [0.4, 0.5) is 5.82 Å². The number of nitrogens with one attached hydrogen (secondary N) is 2. The molecule has 2 aromatic carbocycles. The number of allylic oxidation sites excluding steroid dienone is 1. The van der Waals surface area contributed by atoms with Crippen molar-refractivity contribution >= 4 is 23.3 Å². The molecule has 33 heavy (non-hydrogen) atoms. The van der Waals surface area contributed by atoms with Crippen molar-refractivity contribution in [3.8, 4) is 0 Å². The van der Waals surface area contributed by atoms with Crippen LogP contribution in [0.2, 0.25) is 0 Å². The minimum Gasteiger partial charge on any atom is -0.478 e. The van der Waals surface area contributed by atoms with Gasteiger partial charge in [0.25, 0.3) is 5.56 Å². The van der Waals surface area contributed by atoms with Crippen LogP contribution in [-0.2, 0) is 11.3 Å². The van der Waals surface area contributed by atoms with E-state index in [1.807, 2.05) is 12.1 Å². The lowest BCUT2D eigenvalue weighted by atomic mass is 9.81. The number of ketones is 1. The number of hydrogen-bond acceptors (Lipinski definition) is 6. The SMILES string of the molecule is COCCn1c2c(c(=O)[nH]c1=O)[C@H](c1ccc(C(=O)O)cc1)C1=C(N2)c2ccccc2C1=O. The molecule has 1 aliphatic heterocycles. The number of anilines is 1. The number of carboxylic acid groups (broad SMARTS) is 1. The Morgan fingerprint density at radius 3 is 2.42 bits per heavy atom. The third-order valence-corrected chi connectivity index (χ3v) is 6.02. The standard InChI is InChI=1S/C24H19N3O6/c1-33-11-10-27-21-18(22(29)26-24(27)32)16(12-6-8-13(9-7-12)23(30)31)17-19(25-21)14-4-2-3-5-15(14)20(17)28/h2-9,16,25H,10-11H2,1H3,(H,30,31)(H,26,29,32)/t16-/m1/s1. The predicted molar refractivity (Wildman–Crippen MR) is 120 cm³/mol. The van der Waals surface area contributed by atoms with Gasteiger partial charge in [-0.1, -0.05) is 36.4 Å². The Morgan fingerprint density at radius 2 is 1.76 bits per heavy atom. The first-order valence-corrected chi connectivity index (χ1v) is 10.3. The number of Topliss-reactive ketones (excluding diaryl/α,β-unsaturated/α-hetero) is 1. The zero-order valence-corrected chi connectivity index (χ0v) is 17.5. The number of aromatic carboxylic acids is 1. The number of aromatic nitrogens is 2. The van der Waals surface area contributed by atoms with Crippen LogP contribution in [0.1, 0.15) is 43.3 Å². The van der Waals surface area contributed by atoms with Gasteiger partial charge in [0, 0.05) is 29.7 Å². The lowest BCUT2D eigenvalue weighted by Crippen LogP contribution is -2.38. The maximum atomic E-state index is 13.4. The molecule has 9 nitrogen and oxygen atoms in total. The number of carbonyl (C=O) groups is 2. The van der Waals surface area contributed by atoms with Crippen LogP contribution in [0, 0.1) is 0 Å². The number of carbonyl (C=O) groups excluding carboxylic acids is 1. The number of fused-ring (bicyclic) bond motifs is 3. The number of rotatable bonds is 5. The van der Waals surface area contributed by atoms with Gasteiger partial charge in [-0.05, 0) is 17.7 Å². The van der Waals surface area contributed by atoms with E-state index in [9.17, 15) is 24.3 Å². The number of methoxy groups -OCH3 is 1. The van der Waals surface area contributed by atoms with E-state index in [-0.39, 0.29) is 35.9 Å². The summed E-state index contributed by atoms with van der Waals surface area (Å²) in [6.45, 7) is 0.420. The van der Waals surface area contributed by atoms with Crippen LogP contribution in [0.25, 0.3) is 5.70 Å². The van der Waals surface area contributed by atoms with Crippen LogP contribution in [0.15, 0.2) is 63.7 Å². The lowest BCUT2D eigenvalue weighted by Gasteiger charge is -2.29. The molecule has 0 fully saturated rings. The highest BCUT2D eigenvalue weighted by Crippen LogP contribution is 2.47. The van der Waals surface area contributed by atoms with Gasteiger partial charge < -0.3 is 15.2 Å². The van der Waals surface area contributed by atoms with Gasteiger partial charge in [-0.25, -0.2) is 9.59 Å². The summed E-state index contributed by atoms with van der Waals surface area (Å²) >= 11 is 0. The molecule has 1 aliphatic carbocycles. The molecule has 3 aromatic rings. The Kier molecular flexibility index (Phi) is 4.83. The van der Waals surface area contributed by atoms with E-state index in [1.54, 1.807) is 24.3 Å². The molecule has 0 saturated carbocycles. The van der Waals surface area contributed by atoms with E-state index in [2.05, 4.69) is 10.3 Å². The highest BCUT2D eigenvalue weighted by atomic mass is 16.5. The number of nitrogens with zero attached hydrogens (tertiary/aromatic N) is 1. The molecule has 0 spiro atoms. The molecule has 0 amide bonds. The molecule has 0 radical (unpaired) electrons. The molecule has 0 unspecified atom stereocenters. The second kappa shape index (κ2) is 7.72. The largest absolute Gasteiger partial charge is 0.478 e. The molecule has 166 valence electrons. The molecule has 9 heteroatoms. The van der Waals surface area contributed by atoms with Crippen molar-refractivity contribution in [2.75, 3.05) is 19.0 Å². The highest BCUT2D eigenvalue weighted by molar-refractivity contribution is 6.23. The van der Waals surface area contributed by atoms with E-state index in [0.29, 0.717) is 28.0 Å². The Labute approximate surface area is 187 Å². The topological polar surface area (TPSA) is 130 Å². The molecule has 1 atom stereocenters. The predicted octanol–water partition coefficient (Wildman–Crippen LogP) is 2.05. The zero-order chi connectivity index (χ0) is 23.3. The van der Waals surface area contributed by atoms with Gasteiger partial charge in [0.15, 0.2) is 5.78 Å². The van der Waals surface area contributed by atoms with Crippen molar-refractivity contribution in [3.63, 3.8) is 0 Å². The van der Waals surface area contributed by atoms with Gasteiger partial charge in [0.05, 0.1) is 30.0 Å². The fourth-order valence-corrected chi connectivity index (χ4v) is 4.51. The number of ether oxygens (including phenoxy) is 1. The summed E-state index contributed by atoms with van der Waals surface area (Å²) in [5.41, 5.74) is 1.76. The van der Waals surface area contributed by atoms with Crippen LogP contribution >= 0.6 is 0 Å². The summed E-state index contributed by atoms with van der Waals surface area (Å²) in [5.74, 6) is -1.81. The molecule has 2 heterocycles. The molecular weight excluding hydrogens is 426 g/mol. The Hall–Kier alpha value is -4.24. The number of carboxylic acids is 1. The molecule has 0 bridgehead atoms. The number of hydrogen-bond donors (Lipinski definition) is 3. The van der Waals surface area contributed by atoms with Crippen molar-refractivity contribution < 1.29 is 19.4 Å². The van der Waals surface area contributed by atoms with Crippen molar-refractivity contribution in [1.29, 1.82) is 0 Å². The molecule has 5 rings (SSSR count). The van der Waals surface area contributed by atoms with Crippen molar-refractivity contribution in [1.82, 2.24) is 9.55 Å². The summed E-state index contributed by atoms with van der Waals surface area (Å²) < 4.78 is 6.51. The third-order valence-electron chi connectivity index (χ3n) is 6.02. The summed E-state index contributed by atoms with van der Waals surface area (Å²) in [6, 6.07) is 13.1. The van der Waals surface area contributed by atoms with E-state index in [0.717, 1.165) is 0 Å². The summed E-state index contributed by atoms with van der Waals surface area (Å²) in [6.07, 6.45) is 0. The lowest BCUT2D eigenvalue weighted by molar-refractivity contribution is 0.0696. The first-order chi connectivity index (χ1) is 15.9. The maximum Gasteiger partial charge on any atom is 0.335 e. The van der Waals surface area contributed by atoms with E-state index in [1.165, 1.54) is 23.8 Å². The normalized spacial score (nSPS) is 16.2. The van der Waals surface area contributed by atoms with Gasteiger partial charge in [-0.2, -0.15) is 0 Å². The van der Waals surface area contributed by atoms with Crippen LogP contribution < -0.4 is 16.6 Å². The molecular formula is C24H19N3O6. The Balaban J connectivity index is 1.80. The number of aromatic amines is 1. The summed E-state index contributed by atoms with van der Waals surface area (Å²) in [4.78, 5) is 52.8. The fourth-order valence-electron chi connectivity index (χ4n) is 4.51. The van der Waals surface area contributed by atoms with Crippen molar-refractivity contribution in [3.05, 3.63) is 103 Å². The average molecular weight is 445 g/mol. The fraction of sp³-hybridized carbons (Fsp3) is 0.167. The van der Waals surface area contributed by atoms with Gasteiger partial charge in [-0.3, -0.25) is 19.1 Å². The van der Waals surface area contributed by atoms with Crippen LogP contribution in [0.5, 0.6) is 0 Å². The smallest absolute Gasteiger partial charge is 0.335 e. The van der Waals surface area contributed by atoms with Crippen LogP contribution in [0.3, 0.4) is 0 Å². The Morgan fingerprint density at radius 1 is 1.06 bits per heavy atom. The minimum absolute atomic E-state index is 0.0853. The van der Waals surface area contributed by atoms with Gasteiger partial charge in [0.2, 0.25) is 0 Å². The summed E-state index contributed by atoms with van der Waals surface area (Å²) in [5, 5.41) is 12.5. The highest BCUT2D eigenvalue weighted by Gasteiger charge is 2.42. The van der Waals surface area contributed by atoms with Crippen molar-refractivity contribution in [2.45, 2.75) is 12.5 Å². The molecule has 3 N–H and O–H groups in total. The van der Waals surface area contributed by atoms with E-state index < -0.39 is 23.1 Å². The van der Waals surface area contributed by atoms with E-state index in [4.69, 9.17) is 4.74 Å².